The summed E-state index contributed by atoms with van der Waals surface area (Å²) in [5.74, 6) is -0.533. The summed E-state index contributed by atoms with van der Waals surface area (Å²) in [5, 5.41) is 8.19. The van der Waals surface area contributed by atoms with Gasteiger partial charge in [0.2, 0.25) is 3.79 Å². The van der Waals surface area contributed by atoms with Crippen molar-refractivity contribution in [3.63, 3.8) is 0 Å². The van der Waals surface area contributed by atoms with Crippen molar-refractivity contribution in [2.45, 2.75) is 16.9 Å². The highest BCUT2D eigenvalue weighted by Crippen LogP contribution is 2.29. The van der Waals surface area contributed by atoms with E-state index < -0.39 is 21.8 Å². The summed E-state index contributed by atoms with van der Waals surface area (Å²) >= 11 is 23.4. The van der Waals surface area contributed by atoms with Gasteiger partial charge in [-0.1, -0.05) is 53.0 Å². The van der Waals surface area contributed by atoms with E-state index in [0.717, 1.165) is 0 Å². The minimum absolute atomic E-state index is 0.0130. The van der Waals surface area contributed by atoms with Crippen LogP contribution in [0, 0.1) is 0 Å². The van der Waals surface area contributed by atoms with Gasteiger partial charge in [-0.2, -0.15) is 0 Å². The number of benzene rings is 2. The smallest absolute Gasteiger partial charge is 0.340 e. The van der Waals surface area contributed by atoms with Gasteiger partial charge in [0, 0.05) is 5.56 Å². The Bertz CT molecular complexity index is 953. The van der Waals surface area contributed by atoms with Crippen LogP contribution in [0.25, 0.3) is 0 Å². The largest absolute Gasteiger partial charge is 0.497 e. The molecular formula is C20H20Cl3N3O4S. The molecule has 3 N–H and O–H groups in total. The highest BCUT2D eigenvalue weighted by atomic mass is 35.6. The molecule has 166 valence electrons. The first-order chi connectivity index (χ1) is 14.7. The molecule has 0 fully saturated rings. The van der Waals surface area contributed by atoms with Crippen molar-refractivity contribution in [3.8, 4) is 5.75 Å². The van der Waals surface area contributed by atoms with Crippen molar-refractivity contribution in [1.82, 2.24) is 10.6 Å². The summed E-state index contributed by atoms with van der Waals surface area (Å²) in [5.41, 5.74) is 0.965. The van der Waals surface area contributed by atoms with Crippen molar-refractivity contribution in [2.24, 2.45) is 0 Å². The number of anilines is 1. The first kappa shape index (κ1) is 25.0. The second-order valence-corrected chi connectivity index (χ2v) is 8.82. The average Bonchev–Trinajstić information content (AvgIpc) is 2.73. The minimum atomic E-state index is -1.94. The maximum Gasteiger partial charge on any atom is 0.340 e. The van der Waals surface area contributed by atoms with Crippen LogP contribution in [0.4, 0.5) is 5.69 Å². The molecule has 11 heteroatoms. The van der Waals surface area contributed by atoms with E-state index in [2.05, 4.69) is 16.0 Å². The molecule has 7 nitrogen and oxygen atoms in total. The molecular weight excluding hydrogens is 485 g/mol. The number of para-hydroxylation sites is 1. The van der Waals surface area contributed by atoms with E-state index in [1.54, 1.807) is 49.4 Å². The van der Waals surface area contributed by atoms with E-state index in [1.165, 1.54) is 13.2 Å². The van der Waals surface area contributed by atoms with Crippen molar-refractivity contribution in [1.29, 1.82) is 0 Å². The van der Waals surface area contributed by atoms with Gasteiger partial charge in [-0.05, 0) is 49.5 Å². The summed E-state index contributed by atoms with van der Waals surface area (Å²) in [6.45, 7) is 1.93. The van der Waals surface area contributed by atoms with E-state index in [9.17, 15) is 9.59 Å². The van der Waals surface area contributed by atoms with Crippen molar-refractivity contribution < 1.29 is 19.1 Å². The predicted octanol–water partition coefficient (Wildman–Crippen LogP) is 4.28. The fraction of sp³-hybridized carbons (Fsp3) is 0.250. The molecule has 0 spiro atoms. The van der Waals surface area contributed by atoms with Crippen LogP contribution in [-0.2, 0) is 4.74 Å². The summed E-state index contributed by atoms with van der Waals surface area (Å²) in [6, 6.07) is 13.1. The number of amides is 1. The molecule has 0 bridgehead atoms. The number of ether oxygens (including phenoxy) is 2. The number of methoxy groups -OCH3 is 1. The third-order valence-electron chi connectivity index (χ3n) is 3.88. The SMILES string of the molecule is CCOC(=O)c1ccccc1NC(=S)NC(NC(=O)c1cccc(OC)c1)C(Cl)(Cl)Cl. The van der Waals surface area contributed by atoms with E-state index in [4.69, 9.17) is 56.5 Å². The normalized spacial score (nSPS) is 11.8. The highest BCUT2D eigenvalue weighted by Gasteiger charge is 2.35. The topological polar surface area (TPSA) is 88.7 Å². The lowest BCUT2D eigenvalue weighted by atomic mass is 10.2. The molecule has 31 heavy (non-hydrogen) atoms. The Kier molecular flexibility index (Phi) is 9.18. The number of hydrogen-bond donors (Lipinski definition) is 3. The number of thiocarbonyl (C=S) groups is 1. The second kappa shape index (κ2) is 11.4. The summed E-state index contributed by atoms with van der Waals surface area (Å²) in [7, 11) is 1.49. The van der Waals surface area contributed by atoms with Crippen LogP contribution < -0.4 is 20.7 Å². The van der Waals surface area contributed by atoms with Crippen molar-refractivity contribution >= 4 is 69.7 Å². The number of rotatable bonds is 7. The zero-order valence-electron chi connectivity index (χ0n) is 16.6. The Labute approximate surface area is 200 Å². The number of esters is 1. The van der Waals surface area contributed by atoms with Crippen LogP contribution in [-0.4, -0.2) is 40.7 Å². The number of alkyl halides is 3. The standard InChI is InChI=1S/C20H20Cl3N3O4S/c1-3-30-17(28)14-9-4-5-10-15(14)24-19(31)26-18(20(21,22)23)25-16(27)12-7-6-8-13(11-12)29-2/h4-11,18H,3H2,1-2H3,(H,25,27)(H2,24,26,31). The summed E-state index contributed by atoms with van der Waals surface area (Å²) in [4.78, 5) is 24.7. The fourth-order valence-electron chi connectivity index (χ4n) is 2.45. The Morgan fingerprint density at radius 3 is 2.45 bits per heavy atom. The first-order valence-electron chi connectivity index (χ1n) is 9.01. The molecule has 2 rings (SSSR count). The quantitative estimate of drug-likeness (QED) is 0.224. The molecule has 0 aliphatic rings. The van der Waals surface area contributed by atoms with Gasteiger partial charge < -0.3 is 25.4 Å². The van der Waals surface area contributed by atoms with Crippen LogP contribution in [0.5, 0.6) is 5.75 Å². The van der Waals surface area contributed by atoms with Gasteiger partial charge in [-0.3, -0.25) is 4.79 Å². The van der Waals surface area contributed by atoms with E-state index >= 15 is 0 Å². The molecule has 2 aromatic carbocycles. The molecule has 0 saturated heterocycles. The van der Waals surface area contributed by atoms with Gasteiger partial charge in [-0.15, -0.1) is 0 Å². The molecule has 1 amide bonds. The Balaban J connectivity index is 2.14. The zero-order chi connectivity index (χ0) is 23.0. The fourth-order valence-corrected chi connectivity index (χ4v) is 3.00. The van der Waals surface area contributed by atoms with Crippen molar-refractivity contribution in [2.75, 3.05) is 19.0 Å². The molecule has 0 saturated carbocycles. The lowest BCUT2D eigenvalue weighted by molar-refractivity contribution is 0.0527. The Hall–Kier alpha value is -2.26. The number of nitrogens with one attached hydrogen (secondary N) is 3. The van der Waals surface area contributed by atoms with Gasteiger partial charge in [0.15, 0.2) is 5.11 Å². The monoisotopic (exact) mass is 503 g/mol. The predicted molar refractivity (Wildman–Crippen MR) is 126 cm³/mol. The molecule has 2 aromatic rings. The van der Waals surface area contributed by atoms with Gasteiger partial charge >= 0.3 is 5.97 Å². The van der Waals surface area contributed by atoms with Crippen LogP contribution in [0.1, 0.15) is 27.6 Å². The maximum atomic E-state index is 12.6. The van der Waals surface area contributed by atoms with Gasteiger partial charge in [0.1, 0.15) is 11.9 Å². The molecule has 1 unspecified atom stereocenters. The molecule has 0 aliphatic carbocycles. The molecule has 1 atom stereocenters. The lowest BCUT2D eigenvalue weighted by Crippen LogP contribution is -2.56. The third kappa shape index (κ3) is 7.43. The van der Waals surface area contributed by atoms with Crippen LogP contribution in [0.15, 0.2) is 48.5 Å². The summed E-state index contributed by atoms with van der Waals surface area (Å²) in [6.07, 6.45) is -1.19. The number of carbonyl (C=O) groups is 2. The second-order valence-electron chi connectivity index (χ2n) is 6.04. The molecule has 0 radical (unpaired) electrons. The van der Waals surface area contributed by atoms with E-state index in [-0.39, 0.29) is 17.3 Å². The lowest BCUT2D eigenvalue weighted by Gasteiger charge is -2.28. The molecule has 0 heterocycles. The van der Waals surface area contributed by atoms with Crippen LogP contribution in [0.3, 0.4) is 0 Å². The van der Waals surface area contributed by atoms with E-state index in [0.29, 0.717) is 17.0 Å². The Morgan fingerprint density at radius 1 is 1.10 bits per heavy atom. The highest BCUT2D eigenvalue weighted by molar-refractivity contribution is 7.80. The minimum Gasteiger partial charge on any atom is -0.497 e. The Morgan fingerprint density at radius 2 is 1.81 bits per heavy atom. The molecule has 0 aliphatic heterocycles. The molecule has 0 aromatic heterocycles. The van der Waals surface area contributed by atoms with Crippen molar-refractivity contribution in [3.05, 3.63) is 59.7 Å². The zero-order valence-corrected chi connectivity index (χ0v) is 19.7. The summed E-state index contributed by atoms with van der Waals surface area (Å²) < 4.78 is 8.20. The van der Waals surface area contributed by atoms with Crippen LogP contribution >= 0.6 is 47.0 Å². The van der Waals surface area contributed by atoms with Gasteiger partial charge in [-0.25, -0.2) is 4.79 Å². The van der Waals surface area contributed by atoms with Crippen LogP contribution in [0.2, 0.25) is 0 Å². The van der Waals surface area contributed by atoms with E-state index in [1.807, 2.05) is 0 Å². The number of halogens is 3. The first-order valence-corrected chi connectivity index (χ1v) is 10.5. The average molecular weight is 505 g/mol. The maximum absolute atomic E-state index is 12.6. The van der Waals surface area contributed by atoms with Gasteiger partial charge in [0.25, 0.3) is 5.91 Å². The number of hydrogen-bond acceptors (Lipinski definition) is 5. The third-order valence-corrected chi connectivity index (χ3v) is 4.76. The number of carbonyl (C=O) groups excluding carboxylic acids is 2. The van der Waals surface area contributed by atoms with Gasteiger partial charge in [0.05, 0.1) is 25.0 Å².